The topological polar surface area (TPSA) is 116 Å². The van der Waals surface area contributed by atoms with Gasteiger partial charge in [0.1, 0.15) is 12.1 Å². The first kappa shape index (κ1) is 27.2. The molecular weight excluding hydrogens is 501 g/mol. The highest BCUT2D eigenvalue weighted by Crippen LogP contribution is 2.26. The number of anilines is 3. The van der Waals surface area contributed by atoms with Gasteiger partial charge in [-0.15, -0.1) is 0 Å². The van der Waals surface area contributed by atoms with Gasteiger partial charge in [-0.3, -0.25) is 4.90 Å². The van der Waals surface area contributed by atoms with E-state index in [1.54, 1.807) is 11.3 Å². The average molecular weight is 535 g/mol. The zero-order chi connectivity index (χ0) is 28.2. The van der Waals surface area contributed by atoms with Crippen LogP contribution in [0.5, 0.6) is 0 Å². The first-order valence-electron chi connectivity index (χ1n) is 13.4. The van der Waals surface area contributed by atoms with Gasteiger partial charge < -0.3 is 15.6 Å². The number of hydrogen-bond acceptors (Lipinski definition) is 9. The maximum atomic E-state index is 9.68. The predicted octanol–water partition coefficient (Wildman–Crippen LogP) is 4.46. The van der Waals surface area contributed by atoms with Crippen molar-refractivity contribution in [3.05, 3.63) is 89.9 Å². The molecule has 204 valence electrons. The Labute approximate surface area is 234 Å². The van der Waals surface area contributed by atoms with Crippen molar-refractivity contribution in [2.24, 2.45) is 0 Å². The number of fused-ring (bicyclic) bond motifs is 1. The van der Waals surface area contributed by atoms with Gasteiger partial charge >= 0.3 is 7.05 Å². The molecule has 3 N–H and O–H groups in total. The molecule has 40 heavy (non-hydrogen) atoms. The predicted molar refractivity (Wildman–Crippen MR) is 160 cm³/mol. The Hall–Kier alpha value is -4.35. The molecule has 0 radical (unpaired) electrons. The van der Waals surface area contributed by atoms with Crippen molar-refractivity contribution in [1.82, 2.24) is 34.8 Å². The van der Waals surface area contributed by atoms with E-state index in [0.29, 0.717) is 23.4 Å². The van der Waals surface area contributed by atoms with E-state index in [-0.39, 0.29) is 12.1 Å². The van der Waals surface area contributed by atoms with Crippen LogP contribution in [-0.4, -0.2) is 54.7 Å². The highest BCUT2D eigenvalue weighted by atomic mass is 16.2. The fourth-order valence-corrected chi connectivity index (χ4v) is 4.75. The van der Waals surface area contributed by atoms with E-state index in [1.807, 2.05) is 68.3 Å². The van der Waals surface area contributed by atoms with Crippen LogP contribution < -0.4 is 15.4 Å². The molecule has 3 aromatic heterocycles. The van der Waals surface area contributed by atoms with E-state index in [9.17, 15) is 5.02 Å². The number of hydrogen-bond donors (Lipinski definition) is 3. The van der Waals surface area contributed by atoms with Gasteiger partial charge in [0.05, 0.1) is 5.69 Å². The summed E-state index contributed by atoms with van der Waals surface area (Å²) < 4.78 is 1.71. The number of nitrogens with one attached hydrogen (secondary N) is 2. The molecule has 0 saturated carbocycles. The van der Waals surface area contributed by atoms with Gasteiger partial charge in [-0.2, -0.15) is 14.6 Å². The molecule has 10 nitrogen and oxygen atoms in total. The van der Waals surface area contributed by atoms with Crippen LogP contribution in [0.4, 0.5) is 17.7 Å². The Balaban J connectivity index is 1.37. The number of benzene rings is 2. The van der Waals surface area contributed by atoms with Gasteiger partial charge in [-0.1, -0.05) is 54.6 Å². The van der Waals surface area contributed by atoms with E-state index in [0.717, 1.165) is 28.9 Å². The highest BCUT2D eigenvalue weighted by molar-refractivity contribution is 6.45. The second-order valence-corrected chi connectivity index (χ2v) is 10.1. The molecule has 0 spiro atoms. The molecule has 5 aromatic rings. The van der Waals surface area contributed by atoms with Gasteiger partial charge in [0.2, 0.25) is 11.9 Å². The van der Waals surface area contributed by atoms with Crippen molar-refractivity contribution in [2.45, 2.75) is 46.1 Å². The Kier molecular flexibility index (Phi) is 8.04. The quantitative estimate of drug-likeness (QED) is 0.223. The van der Waals surface area contributed by atoms with Crippen LogP contribution in [0.1, 0.15) is 36.7 Å². The third-order valence-electron chi connectivity index (χ3n) is 6.66. The van der Waals surface area contributed by atoms with Crippen LogP contribution in [-0.2, 0) is 6.42 Å². The summed E-state index contributed by atoms with van der Waals surface area (Å²) in [5, 5.41) is 20.7. The molecule has 0 saturated heterocycles. The van der Waals surface area contributed by atoms with Crippen molar-refractivity contribution in [2.75, 3.05) is 17.3 Å². The van der Waals surface area contributed by atoms with Gasteiger partial charge in [0, 0.05) is 42.5 Å². The van der Waals surface area contributed by atoms with Crippen molar-refractivity contribution in [3.8, 4) is 11.3 Å². The normalized spacial score (nSPS) is 12.8. The first-order valence-corrected chi connectivity index (χ1v) is 13.4. The maximum Gasteiger partial charge on any atom is 0.374 e. The molecular formula is C29H34BN9O. The zero-order valence-corrected chi connectivity index (χ0v) is 23.4. The lowest BCUT2D eigenvalue weighted by molar-refractivity contribution is 0.534. The molecule has 0 unspecified atom stereocenters. The average Bonchev–Trinajstić information content (AvgIpc) is 3.41. The van der Waals surface area contributed by atoms with Crippen LogP contribution in [0.15, 0.2) is 73.1 Å². The van der Waals surface area contributed by atoms with E-state index in [4.69, 9.17) is 9.97 Å². The Morgan fingerprint density at radius 1 is 1.00 bits per heavy atom. The van der Waals surface area contributed by atoms with Gasteiger partial charge in [0.15, 0.2) is 5.65 Å². The van der Waals surface area contributed by atoms with Crippen LogP contribution in [0.2, 0.25) is 6.82 Å². The molecule has 2 atom stereocenters. The summed E-state index contributed by atoms with van der Waals surface area (Å²) in [6, 6.07) is 22.4. The number of rotatable bonds is 10. The second-order valence-electron chi connectivity index (χ2n) is 10.1. The van der Waals surface area contributed by atoms with E-state index in [1.165, 1.54) is 11.9 Å². The Bertz CT molecular complexity index is 1590. The molecule has 2 aromatic carbocycles. The fourth-order valence-electron chi connectivity index (χ4n) is 4.75. The lowest BCUT2D eigenvalue weighted by Gasteiger charge is -2.21. The second kappa shape index (κ2) is 11.8. The fraction of sp³-hybridized carbons (Fsp3) is 0.276. The summed E-state index contributed by atoms with van der Waals surface area (Å²) in [7, 11) is 1.35. The molecule has 0 aliphatic rings. The van der Waals surface area contributed by atoms with Crippen molar-refractivity contribution < 1.29 is 5.02 Å². The molecule has 0 fully saturated rings. The van der Waals surface area contributed by atoms with Crippen LogP contribution >= 0.6 is 0 Å². The van der Waals surface area contributed by atoms with Crippen molar-refractivity contribution in [1.29, 1.82) is 0 Å². The smallest absolute Gasteiger partial charge is 0.374 e. The summed E-state index contributed by atoms with van der Waals surface area (Å²) in [5.41, 5.74) is 5.66. The lowest BCUT2D eigenvalue weighted by atomic mass is 9.86. The first-order chi connectivity index (χ1) is 19.3. The molecule has 11 heteroatoms. The standard InChI is InChI=1S/C29H34BN9O/c1-19(14-22-10-9-13-24(16-22)21(3)37-30(4)40)33-28-34-20(2)15-27(36-28)38(5)29-35-25(23-11-7-6-8-12-23)17-26-31-18-32-39(26)29/h6-13,15-19,21,37,40H,14H2,1-5H3,(H,33,34,36)/t19-,21+/m0/s1. The summed E-state index contributed by atoms with van der Waals surface area (Å²) in [4.78, 5) is 20.7. The SMILES string of the molecule is CB(O)N[C@H](C)c1cccc(C[C@H](C)Nc2nc(C)cc(N(C)c3nc(-c4ccccc4)cc4ncnn34)n2)c1. The summed E-state index contributed by atoms with van der Waals surface area (Å²) >= 11 is 0. The molecule has 5 rings (SSSR count). The van der Waals surface area contributed by atoms with E-state index in [2.05, 4.69) is 56.8 Å². The Morgan fingerprint density at radius 3 is 2.58 bits per heavy atom. The van der Waals surface area contributed by atoms with E-state index < -0.39 is 7.05 Å². The summed E-state index contributed by atoms with van der Waals surface area (Å²) in [6.07, 6.45) is 2.32. The van der Waals surface area contributed by atoms with Crippen LogP contribution in [0.3, 0.4) is 0 Å². The minimum Gasteiger partial charge on any atom is -0.437 e. The maximum absolute atomic E-state index is 9.68. The van der Waals surface area contributed by atoms with Crippen LogP contribution in [0, 0.1) is 6.92 Å². The van der Waals surface area contributed by atoms with Crippen molar-refractivity contribution >= 4 is 30.4 Å². The number of nitrogens with zero attached hydrogens (tertiary/aromatic N) is 7. The Morgan fingerprint density at radius 2 is 1.80 bits per heavy atom. The van der Waals surface area contributed by atoms with Gasteiger partial charge in [0.25, 0.3) is 0 Å². The number of aromatic nitrogens is 6. The summed E-state index contributed by atoms with van der Waals surface area (Å²) in [6.45, 7) is 7.84. The third-order valence-corrected chi connectivity index (χ3v) is 6.66. The molecule has 0 aliphatic carbocycles. The monoisotopic (exact) mass is 535 g/mol. The van der Waals surface area contributed by atoms with Gasteiger partial charge in [-0.05, 0) is 45.1 Å². The van der Waals surface area contributed by atoms with Crippen molar-refractivity contribution in [3.63, 3.8) is 0 Å². The molecule has 3 heterocycles. The largest absolute Gasteiger partial charge is 0.437 e. The number of aryl methyl sites for hydroxylation is 1. The minimum atomic E-state index is -0.568. The molecule has 0 bridgehead atoms. The van der Waals surface area contributed by atoms with E-state index >= 15 is 0 Å². The molecule has 0 aliphatic heterocycles. The van der Waals surface area contributed by atoms with Crippen LogP contribution in [0.25, 0.3) is 16.9 Å². The molecule has 0 amide bonds. The summed E-state index contributed by atoms with van der Waals surface area (Å²) in [5.74, 6) is 1.84. The van der Waals surface area contributed by atoms with Gasteiger partial charge in [-0.25, -0.2) is 15.0 Å². The highest BCUT2D eigenvalue weighted by Gasteiger charge is 2.18. The zero-order valence-electron chi connectivity index (χ0n) is 23.4. The minimum absolute atomic E-state index is 0.0480. The third kappa shape index (κ3) is 6.27. The lowest BCUT2D eigenvalue weighted by Crippen LogP contribution is -2.32.